The minimum Gasteiger partial charge on any atom is -0.397 e. The van der Waals surface area contributed by atoms with Gasteiger partial charge in [0.15, 0.2) is 0 Å². The number of nitrogens with zero attached hydrogens (tertiary/aromatic N) is 1. The smallest absolute Gasteiger partial charge is 0.397 e. The zero-order valence-electron chi connectivity index (χ0n) is 9.94. The van der Waals surface area contributed by atoms with Crippen LogP contribution in [0.25, 0.3) is 0 Å². The summed E-state index contributed by atoms with van der Waals surface area (Å²) < 4.78 is 37.5. The third kappa shape index (κ3) is 2.65. The summed E-state index contributed by atoms with van der Waals surface area (Å²) in [5, 5.41) is 9.01. The van der Waals surface area contributed by atoms with E-state index in [0.717, 1.165) is 12.1 Å². The third-order valence-electron chi connectivity index (χ3n) is 3.11. The topological polar surface area (TPSA) is 66.6 Å². The molecule has 1 heterocycles. The van der Waals surface area contributed by atoms with Crippen molar-refractivity contribution in [2.24, 2.45) is 5.92 Å². The molecule has 0 saturated carbocycles. The van der Waals surface area contributed by atoms with Gasteiger partial charge >= 0.3 is 6.18 Å². The van der Waals surface area contributed by atoms with Crippen LogP contribution in [0.3, 0.4) is 0 Å². The summed E-state index contributed by atoms with van der Waals surface area (Å²) in [5.41, 5.74) is 4.91. The van der Waals surface area contributed by atoms with Crippen LogP contribution >= 0.6 is 0 Å². The molecule has 3 N–H and O–H groups in total. The highest BCUT2D eigenvalue weighted by atomic mass is 19.4. The van der Waals surface area contributed by atoms with Gasteiger partial charge in [0.25, 0.3) is 0 Å². The van der Waals surface area contributed by atoms with Crippen LogP contribution in [-0.2, 0) is 11.0 Å². The molecule has 0 spiro atoms. The van der Waals surface area contributed by atoms with Gasteiger partial charge in [-0.15, -0.1) is 0 Å². The van der Waals surface area contributed by atoms with E-state index >= 15 is 0 Å². The zero-order chi connectivity index (χ0) is 14.2. The summed E-state index contributed by atoms with van der Waals surface area (Å²) in [6.07, 6.45) is -4.29. The van der Waals surface area contributed by atoms with Crippen molar-refractivity contribution in [2.75, 3.05) is 23.8 Å². The Morgan fingerprint density at radius 1 is 1.42 bits per heavy atom. The van der Waals surface area contributed by atoms with Gasteiger partial charge in [0.1, 0.15) is 0 Å². The normalized spacial score (nSPS) is 20.1. The Kier molecular flexibility index (Phi) is 3.40. The molecule has 0 bridgehead atoms. The van der Waals surface area contributed by atoms with Gasteiger partial charge in [0, 0.05) is 25.5 Å². The second-order valence-electron chi connectivity index (χ2n) is 4.53. The molecule has 104 valence electrons. The van der Waals surface area contributed by atoms with Crippen LogP contribution in [0.1, 0.15) is 12.0 Å². The van der Waals surface area contributed by atoms with E-state index in [1.807, 2.05) is 0 Å². The van der Waals surface area contributed by atoms with Crippen molar-refractivity contribution >= 4 is 17.3 Å². The molecule has 19 heavy (non-hydrogen) atoms. The molecule has 1 aliphatic rings. The SMILES string of the molecule is Nc1cc(C(F)(F)F)ccc1N1CC(CO)CC1=O. The Labute approximate surface area is 107 Å². The lowest BCUT2D eigenvalue weighted by atomic mass is 10.1. The maximum Gasteiger partial charge on any atom is 0.416 e. The molecule has 1 amide bonds. The zero-order valence-corrected chi connectivity index (χ0v) is 9.94. The molecular formula is C12H13F3N2O2. The Balaban J connectivity index is 2.30. The van der Waals surface area contributed by atoms with Crippen LogP contribution in [0.15, 0.2) is 18.2 Å². The van der Waals surface area contributed by atoms with Crippen molar-refractivity contribution in [3.63, 3.8) is 0 Å². The number of nitrogen functional groups attached to an aromatic ring is 1. The average molecular weight is 274 g/mol. The molecule has 0 radical (unpaired) electrons. The van der Waals surface area contributed by atoms with Crippen LogP contribution in [0.4, 0.5) is 24.5 Å². The number of carbonyl (C=O) groups excluding carboxylic acids is 1. The van der Waals surface area contributed by atoms with E-state index in [0.29, 0.717) is 0 Å². The standard InChI is InChI=1S/C12H13F3N2O2/c13-12(14,15)8-1-2-10(9(16)4-8)17-5-7(6-18)3-11(17)19/h1-2,4,7,18H,3,5-6,16H2. The highest BCUT2D eigenvalue weighted by Gasteiger charge is 2.34. The lowest BCUT2D eigenvalue weighted by Gasteiger charge is -2.19. The third-order valence-corrected chi connectivity index (χ3v) is 3.11. The number of benzene rings is 1. The van der Waals surface area contributed by atoms with Crippen LogP contribution in [0.2, 0.25) is 0 Å². The summed E-state index contributed by atoms with van der Waals surface area (Å²) in [6, 6.07) is 2.90. The predicted octanol–water partition coefficient (Wildman–Crippen LogP) is 1.63. The largest absolute Gasteiger partial charge is 0.416 e. The van der Waals surface area contributed by atoms with E-state index in [9.17, 15) is 18.0 Å². The van der Waals surface area contributed by atoms with E-state index in [1.54, 1.807) is 0 Å². The highest BCUT2D eigenvalue weighted by molar-refractivity contribution is 5.98. The fourth-order valence-electron chi connectivity index (χ4n) is 2.11. The summed E-state index contributed by atoms with van der Waals surface area (Å²) in [5.74, 6) is -0.445. The number of nitrogens with two attached hydrogens (primary N) is 1. The molecule has 1 aromatic rings. The molecule has 1 aromatic carbocycles. The van der Waals surface area contributed by atoms with E-state index < -0.39 is 11.7 Å². The minimum absolute atomic E-state index is 0.0956. The van der Waals surface area contributed by atoms with Crippen molar-refractivity contribution < 1.29 is 23.1 Å². The maximum atomic E-state index is 12.5. The Morgan fingerprint density at radius 3 is 2.58 bits per heavy atom. The van der Waals surface area contributed by atoms with E-state index in [1.165, 1.54) is 11.0 Å². The fraction of sp³-hybridized carbons (Fsp3) is 0.417. The molecule has 1 unspecified atom stereocenters. The highest BCUT2D eigenvalue weighted by Crippen LogP contribution is 2.35. The molecule has 0 aliphatic carbocycles. The molecule has 1 saturated heterocycles. The van der Waals surface area contributed by atoms with Gasteiger partial charge in [0.05, 0.1) is 16.9 Å². The number of rotatable bonds is 2. The number of hydrogen-bond acceptors (Lipinski definition) is 3. The maximum absolute atomic E-state index is 12.5. The van der Waals surface area contributed by atoms with Gasteiger partial charge in [-0.3, -0.25) is 4.79 Å². The number of amides is 1. The van der Waals surface area contributed by atoms with Crippen molar-refractivity contribution in [1.29, 1.82) is 0 Å². The molecule has 0 aromatic heterocycles. The predicted molar refractivity (Wildman–Crippen MR) is 63.4 cm³/mol. The number of aliphatic hydroxyl groups is 1. The summed E-state index contributed by atoms with van der Waals surface area (Å²) in [7, 11) is 0. The lowest BCUT2D eigenvalue weighted by molar-refractivity contribution is -0.137. The number of alkyl halides is 3. The van der Waals surface area contributed by atoms with E-state index in [4.69, 9.17) is 10.8 Å². The van der Waals surface area contributed by atoms with Gasteiger partial charge in [-0.1, -0.05) is 0 Å². The van der Waals surface area contributed by atoms with Gasteiger partial charge in [-0.05, 0) is 18.2 Å². The van der Waals surface area contributed by atoms with E-state index in [-0.39, 0.29) is 42.8 Å². The minimum atomic E-state index is -4.46. The first-order chi connectivity index (χ1) is 8.82. The first-order valence-electron chi connectivity index (χ1n) is 5.71. The molecule has 1 aliphatic heterocycles. The molecule has 2 rings (SSSR count). The Bertz CT molecular complexity index is 502. The van der Waals surface area contributed by atoms with Crippen molar-refractivity contribution in [2.45, 2.75) is 12.6 Å². The molecule has 1 fully saturated rings. The molecular weight excluding hydrogens is 261 g/mol. The van der Waals surface area contributed by atoms with Crippen molar-refractivity contribution in [3.05, 3.63) is 23.8 Å². The van der Waals surface area contributed by atoms with Crippen LogP contribution in [0.5, 0.6) is 0 Å². The fourth-order valence-corrected chi connectivity index (χ4v) is 2.11. The second-order valence-corrected chi connectivity index (χ2v) is 4.53. The van der Waals surface area contributed by atoms with Gasteiger partial charge in [-0.25, -0.2) is 0 Å². The number of anilines is 2. The second kappa shape index (κ2) is 4.73. The van der Waals surface area contributed by atoms with Crippen LogP contribution in [-0.4, -0.2) is 24.2 Å². The van der Waals surface area contributed by atoms with Crippen molar-refractivity contribution in [3.8, 4) is 0 Å². The van der Waals surface area contributed by atoms with Crippen LogP contribution < -0.4 is 10.6 Å². The van der Waals surface area contributed by atoms with Gasteiger partial charge in [-0.2, -0.15) is 13.2 Å². The van der Waals surface area contributed by atoms with Crippen molar-refractivity contribution in [1.82, 2.24) is 0 Å². The Morgan fingerprint density at radius 2 is 2.11 bits per heavy atom. The summed E-state index contributed by atoms with van der Waals surface area (Å²) in [4.78, 5) is 13.0. The van der Waals surface area contributed by atoms with Gasteiger partial charge < -0.3 is 15.7 Å². The Hall–Kier alpha value is -1.76. The van der Waals surface area contributed by atoms with Gasteiger partial charge in [0.2, 0.25) is 5.91 Å². The molecule has 4 nitrogen and oxygen atoms in total. The first-order valence-corrected chi connectivity index (χ1v) is 5.71. The molecule has 1 atom stereocenters. The average Bonchev–Trinajstić information content (AvgIpc) is 2.69. The number of carbonyl (C=O) groups is 1. The lowest BCUT2D eigenvalue weighted by Crippen LogP contribution is -2.26. The van der Waals surface area contributed by atoms with E-state index in [2.05, 4.69) is 0 Å². The number of hydrogen-bond donors (Lipinski definition) is 2. The quantitative estimate of drug-likeness (QED) is 0.806. The monoisotopic (exact) mass is 274 g/mol. The number of halogens is 3. The molecule has 7 heteroatoms. The summed E-state index contributed by atoms with van der Waals surface area (Å²) in [6.45, 7) is 0.133. The first kappa shape index (κ1) is 13.7. The summed E-state index contributed by atoms with van der Waals surface area (Å²) >= 11 is 0. The van der Waals surface area contributed by atoms with Crippen LogP contribution in [0, 0.1) is 5.92 Å². The number of aliphatic hydroxyl groups excluding tert-OH is 1.